The van der Waals surface area contributed by atoms with E-state index in [2.05, 4.69) is 0 Å². The number of methoxy groups -OCH3 is 1. The number of hydrogen-bond donors (Lipinski definition) is 0. The molecule has 0 saturated heterocycles. The lowest BCUT2D eigenvalue weighted by Gasteiger charge is -2.27. The van der Waals surface area contributed by atoms with Crippen LogP contribution in [0.15, 0.2) is 71.4 Å². The van der Waals surface area contributed by atoms with E-state index in [0.29, 0.717) is 34.0 Å². The fourth-order valence-electron chi connectivity index (χ4n) is 3.96. The van der Waals surface area contributed by atoms with Crippen LogP contribution in [0.2, 0.25) is 5.02 Å². The van der Waals surface area contributed by atoms with Crippen molar-refractivity contribution in [2.45, 2.75) is 20.3 Å². The lowest BCUT2D eigenvalue weighted by atomic mass is 9.93. The van der Waals surface area contributed by atoms with Gasteiger partial charge in [-0.3, -0.25) is 14.5 Å². The van der Waals surface area contributed by atoms with E-state index >= 15 is 0 Å². The predicted octanol–water partition coefficient (Wildman–Crippen LogP) is 5.20. The van der Waals surface area contributed by atoms with E-state index in [0.717, 1.165) is 16.2 Å². The first kappa shape index (κ1) is 24.0. The largest absolute Gasteiger partial charge is 0.495 e. The van der Waals surface area contributed by atoms with Gasteiger partial charge in [0, 0.05) is 29.4 Å². The molecule has 0 fully saturated rings. The summed E-state index contributed by atoms with van der Waals surface area (Å²) in [6.07, 6.45) is 4.08. The average molecular weight is 487 g/mol. The molecule has 0 bridgehead atoms. The van der Waals surface area contributed by atoms with Crippen LogP contribution in [0.5, 0.6) is 5.75 Å². The summed E-state index contributed by atoms with van der Waals surface area (Å²) in [7, 11) is 1.54. The number of imide groups is 1. The van der Waals surface area contributed by atoms with E-state index in [1.54, 1.807) is 36.9 Å². The molecule has 7 nitrogen and oxygen atoms in total. The Morgan fingerprint density at radius 2 is 1.89 bits per heavy atom. The van der Waals surface area contributed by atoms with Crippen LogP contribution in [0.4, 0.5) is 0 Å². The van der Waals surface area contributed by atoms with Crippen molar-refractivity contribution in [3.63, 3.8) is 0 Å². The number of aromatic nitrogens is 2. The summed E-state index contributed by atoms with van der Waals surface area (Å²) >= 11 is 6.38. The normalized spacial score (nSPS) is 15.1. The Labute approximate surface area is 208 Å². The van der Waals surface area contributed by atoms with Gasteiger partial charge in [-0.25, -0.2) is 4.68 Å². The molecule has 35 heavy (non-hydrogen) atoms. The lowest BCUT2D eigenvalue weighted by molar-refractivity contribution is -0.140. The van der Waals surface area contributed by atoms with Gasteiger partial charge in [0.2, 0.25) is 0 Å². The molecular formula is C27H23ClN4O3. The first-order chi connectivity index (χ1) is 16.9. The second-order valence-corrected chi connectivity index (χ2v) is 8.40. The number of hydrogen-bond acceptors (Lipinski definition) is 5. The minimum atomic E-state index is -0.559. The van der Waals surface area contributed by atoms with E-state index in [9.17, 15) is 14.9 Å². The SMILES string of the molecule is CCCN1C(=O)C(C#N)=C(C)/C(=C\c2cn(-c3ccccc3)nc2-c2ccc(OC)c(Cl)c2)C1=O. The number of nitrogens with zero attached hydrogens (tertiary/aromatic N) is 4. The highest BCUT2D eigenvalue weighted by molar-refractivity contribution is 6.32. The summed E-state index contributed by atoms with van der Waals surface area (Å²) in [5, 5.41) is 14.8. The zero-order valence-electron chi connectivity index (χ0n) is 19.6. The Morgan fingerprint density at radius 1 is 1.14 bits per heavy atom. The van der Waals surface area contributed by atoms with Crippen molar-refractivity contribution in [3.8, 4) is 28.8 Å². The number of benzene rings is 2. The average Bonchev–Trinajstić information content (AvgIpc) is 3.29. The van der Waals surface area contributed by atoms with Crippen LogP contribution < -0.4 is 4.74 Å². The predicted molar refractivity (Wildman–Crippen MR) is 134 cm³/mol. The number of halogens is 1. The van der Waals surface area contributed by atoms with Crippen LogP contribution in [0.1, 0.15) is 25.8 Å². The summed E-state index contributed by atoms with van der Waals surface area (Å²) in [5.74, 6) is -0.456. The molecule has 3 aromatic rings. The monoisotopic (exact) mass is 486 g/mol. The van der Waals surface area contributed by atoms with Crippen LogP contribution in [0.25, 0.3) is 23.0 Å². The molecule has 0 N–H and O–H groups in total. The number of rotatable bonds is 6. The fourth-order valence-corrected chi connectivity index (χ4v) is 4.21. The van der Waals surface area contributed by atoms with Gasteiger partial charge in [0.1, 0.15) is 23.1 Å². The highest BCUT2D eigenvalue weighted by Crippen LogP contribution is 2.34. The molecule has 0 radical (unpaired) electrons. The molecule has 0 unspecified atom stereocenters. The van der Waals surface area contributed by atoms with Crippen molar-refractivity contribution in [1.82, 2.24) is 14.7 Å². The van der Waals surface area contributed by atoms with E-state index in [-0.39, 0.29) is 17.7 Å². The third kappa shape index (κ3) is 4.48. The molecule has 2 aromatic carbocycles. The van der Waals surface area contributed by atoms with Gasteiger partial charge in [0.25, 0.3) is 11.8 Å². The van der Waals surface area contributed by atoms with Crippen LogP contribution in [-0.4, -0.2) is 40.1 Å². The Balaban J connectivity index is 1.93. The second kappa shape index (κ2) is 10.00. The number of para-hydroxylation sites is 1. The van der Waals surface area contributed by atoms with Gasteiger partial charge in [0.15, 0.2) is 0 Å². The third-order valence-electron chi connectivity index (χ3n) is 5.76. The minimum Gasteiger partial charge on any atom is -0.495 e. The van der Waals surface area contributed by atoms with Crippen molar-refractivity contribution in [2.24, 2.45) is 0 Å². The van der Waals surface area contributed by atoms with Crippen molar-refractivity contribution < 1.29 is 14.3 Å². The molecule has 8 heteroatoms. The topological polar surface area (TPSA) is 88.2 Å². The van der Waals surface area contributed by atoms with Gasteiger partial charge in [-0.15, -0.1) is 0 Å². The highest BCUT2D eigenvalue weighted by atomic mass is 35.5. The van der Waals surface area contributed by atoms with E-state index in [1.807, 2.05) is 55.6 Å². The zero-order valence-corrected chi connectivity index (χ0v) is 20.3. The van der Waals surface area contributed by atoms with Gasteiger partial charge in [0.05, 0.1) is 17.8 Å². The van der Waals surface area contributed by atoms with Crippen LogP contribution in [-0.2, 0) is 9.59 Å². The van der Waals surface area contributed by atoms with E-state index in [1.165, 1.54) is 0 Å². The van der Waals surface area contributed by atoms with Gasteiger partial charge in [-0.05, 0) is 55.3 Å². The van der Waals surface area contributed by atoms with Gasteiger partial charge in [-0.1, -0.05) is 36.7 Å². The molecule has 0 aliphatic carbocycles. The molecule has 0 atom stereocenters. The molecule has 4 rings (SSSR count). The van der Waals surface area contributed by atoms with Gasteiger partial charge in [-0.2, -0.15) is 10.4 Å². The summed E-state index contributed by atoms with van der Waals surface area (Å²) in [6.45, 7) is 3.73. The van der Waals surface area contributed by atoms with E-state index < -0.39 is 11.8 Å². The van der Waals surface area contributed by atoms with Crippen molar-refractivity contribution >= 4 is 29.5 Å². The maximum atomic E-state index is 13.3. The third-order valence-corrected chi connectivity index (χ3v) is 6.06. The number of ether oxygens (including phenoxy) is 1. The standard InChI is InChI=1S/C27H23ClN4O3/c1-4-12-31-26(33)21(17(2)22(15-29)27(31)34)13-19-16-32(20-8-6-5-7-9-20)30-25(19)18-10-11-24(35-3)23(28)14-18/h5-11,13-14,16H,4,12H2,1-3H3/b21-13+. The number of carbonyl (C=O) groups is 2. The lowest BCUT2D eigenvalue weighted by Crippen LogP contribution is -2.43. The minimum absolute atomic E-state index is 0.0335. The number of carbonyl (C=O) groups excluding carboxylic acids is 2. The van der Waals surface area contributed by atoms with Crippen LogP contribution in [0.3, 0.4) is 0 Å². The molecule has 1 aliphatic heterocycles. The van der Waals surface area contributed by atoms with Crippen LogP contribution >= 0.6 is 11.6 Å². The first-order valence-electron chi connectivity index (χ1n) is 11.1. The van der Waals surface area contributed by atoms with Crippen molar-refractivity contribution in [1.29, 1.82) is 5.26 Å². The van der Waals surface area contributed by atoms with Gasteiger partial charge < -0.3 is 4.74 Å². The Kier molecular flexibility index (Phi) is 6.85. The quantitative estimate of drug-likeness (QED) is 0.353. The Morgan fingerprint density at radius 3 is 2.51 bits per heavy atom. The summed E-state index contributed by atoms with van der Waals surface area (Å²) in [5.41, 5.74) is 3.38. The number of amides is 2. The molecule has 0 spiro atoms. The summed E-state index contributed by atoms with van der Waals surface area (Å²) in [4.78, 5) is 27.1. The van der Waals surface area contributed by atoms with Crippen molar-refractivity contribution in [3.05, 3.63) is 82.0 Å². The number of nitriles is 1. The second-order valence-electron chi connectivity index (χ2n) is 7.99. The van der Waals surface area contributed by atoms with E-state index in [4.69, 9.17) is 21.4 Å². The van der Waals surface area contributed by atoms with Crippen LogP contribution in [0, 0.1) is 11.3 Å². The first-order valence-corrected chi connectivity index (χ1v) is 11.5. The molecule has 1 aliphatic rings. The Hall–Kier alpha value is -4.15. The Bertz CT molecular complexity index is 1410. The van der Waals surface area contributed by atoms with Crippen molar-refractivity contribution in [2.75, 3.05) is 13.7 Å². The molecule has 0 saturated carbocycles. The zero-order chi connectivity index (χ0) is 25.1. The summed E-state index contributed by atoms with van der Waals surface area (Å²) < 4.78 is 6.99. The maximum Gasteiger partial charge on any atom is 0.271 e. The highest BCUT2D eigenvalue weighted by Gasteiger charge is 2.35. The fraction of sp³-hybridized carbons (Fsp3) is 0.185. The molecule has 2 heterocycles. The van der Waals surface area contributed by atoms with Gasteiger partial charge >= 0.3 is 0 Å². The molecular weight excluding hydrogens is 464 g/mol. The molecule has 176 valence electrons. The molecule has 2 amide bonds. The smallest absolute Gasteiger partial charge is 0.271 e. The maximum absolute atomic E-state index is 13.3. The summed E-state index contributed by atoms with van der Waals surface area (Å²) in [6, 6.07) is 16.9. The molecule has 1 aromatic heterocycles.